The average Bonchev–Trinajstić information content (AvgIpc) is 2.50. The lowest BCUT2D eigenvalue weighted by Gasteiger charge is -2.49. The van der Waals surface area contributed by atoms with Crippen LogP contribution in [0.25, 0.3) is 0 Å². The zero-order chi connectivity index (χ0) is 19.5. The number of carboxylic acid groups (broad SMARTS) is 1. The number of piperidine rings is 1. The molecule has 0 radical (unpaired) electrons. The first kappa shape index (κ1) is 20.3. The lowest BCUT2D eigenvalue weighted by molar-refractivity contribution is -0.119. The molecule has 0 aromatic heterocycles. The van der Waals surface area contributed by atoms with E-state index in [4.69, 9.17) is 5.73 Å². The number of amides is 4. The molecule has 4 atom stereocenters. The molecule has 8 heteroatoms. The van der Waals surface area contributed by atoms with E-state index in [-0.39, 0.29) is 12.3 Å². The second-order valence-electron chi connectivity index (χ2n) is 8.59. The van der Waals surface area contributed by atoms with Crippen molar-refractivity contribution in [1.82, 2.24) is 15.5 Å². The lowest BCUT2D eigenvalue weighted by atomic mass is 9.68. The van der Waals surface area contributed by atoms with Crippen molar-refractivity contribution in [2.75, 3.05) is 6.54 Å². The van der Waals surface area contributed by atoms with Gasteiger partial charge in [-0.15, -0.1) is 0 Å². The van der Waals surface area contributed by atoms with E-state index in [0.29, 0.717) is 12.5 Å². The van der Waals surface area contributed by atoms with Gasteiger partial charge in [-0.05, 0) is 45.4 Å². The first-order valence-electron chi connectivity index (χ1n) is 9.45. The fourth-order valence-corrected chi connectivity index (χ4v) is 4.49. The summed E-state index contributed by atoms with van der Waals surface area (Å²) in [4.78, 5) is 37.3. The van der Waals surface area contributed by atoms with Crippen LogP contribution in [0.2, 0.25) is 0 Å². The van der Waals surface area contributed by atoms with Crippen molar-refractivity contribution in [3.8, 4) is 0 Å². The van der Waals surface area contributed by atoms with Crippen LogP contribution in [-0.4, -0.2) is 52.2 Å². The molecule has 1 aliphatic heterocycles. The molecule has 0 bridgehead atoms. The maximum absolute atomic E-state index is 12.4. The Hall–Kier alpha value is -1.99. The van der Waals surface area contributed by atoms with Crippen LogP contribution in [0.3, 0.4) is 0 Å². The number of nitrogens with one attached hydrogen (secondary N) is 2. The van der Waals surface area contributed by atoms with Crippen molar-refractivity contribution >= 4 is 18.0 Å². The van der Waals surface area contributed by atoms with Gasteiger partial charge in [0.25, 0.3) is 0 Å². The van der Waals surface area contributed by atoms with Crippen molar-refractivity contribution in [1.29, 1.82) is 0 Å². The Balaban J connectivity index is 2.26. The number of hydrogen-bond donors (Lipinski definition) is 4. The molecule has 4 unspecified atom stereocenters. The van der Waals surface area contributed by atoms with E-state index in [9.17, 15) is 19.5 Å². The SMILES string of the molecule is CC(C)(C)NC(=O)NC(CC(N)=O)C1C2CCCCC2CCN1C(=O)O. The molecule has 0 aromatic carbocycles. The zero-order valence-electron chi connectivity index (χ0n) is 16.0. The summed E-state index contributed by atoms with van der Waals surface area (Å²) < 4.78 is 0. The second kappa shape index (κ2) is 8.14. The molecule has 8 nitrogen and oxygen atoms in total. The minimum atomic E-state index is -1.01. The first-order chi connectivity index (χ1) is 12.1. The van der Waals surface area contributed by atoms with E-state index >= 15 is 0 Å². The normalized spacial score (nSPS) is 27.2. The van der Waals surface area contributed by atoms with Gasteiger partial charge in [-0.25, -0.2) is 9.59 Å². The average molecular weight is 368 g/mol. The van der Waals surface area contributed by atoms with Gasteiger partial charge >= 0.3 is 12.1 Å². The summed E-state index contributed by atoms with van der Waals surface area (Å²) in [5, 5.41) is 15.3. The first-order valence-corrected chi connectivity index (χ1v) is 9.45. The minimum absolute atomic E-state index is 0.0742. The summed E-state index contributed by atoms with van der Waals surface area (Å²) in [5.74, 6) is 0.0365. The fraction of sp³-hybridized carbons (Fsp3) is 0.833. The minimum Gasteiger partial charge on any atom is -0.465 e. The van der Waals surface area contributed by atoms with Crippen LogP contribution in [0.4, 0.5) is 9.59 Å². The molecule has 0 aromatic rings. The van der Waals surface area contributed by atoms with Gasteiger partial charge in [-0.2, -0.15) is 0 Å². The molecule has 1 heterocycles. The third-order valence-corrected chi connectivity index (χ3v) is 5.39. The van der Waals surface area contributed by atoms with Crippen molar-refractivity contribution in [2.45, 2.75) is 76.9 Å². The van der Waals surface area contributed by atoms with Crippen molar-refractivity contribution in [3.63, 3.8) is 0 Å². The highest BCUT2D eigenvalue weighted by Gasteiger charge is 2.45. The molecule has 4 amide bonds. The largest absolute Gasteiger partial charge is 0.465 e. The van der Waals surface area contributed by atoms with Gasteiger partial charge in [0.05, 0.1) is 12.1 Å². The molecule has 148 valence electrons. The number of carbonyl (C=O) groups is 3. The summed E-state index contributed by atoms with van der Waals surface area (Å²) in [7, 11) is 0. The Morgan fingerprint density at radius 1 is 1.19 bits per heavy atom. The highest BCUT2D eigenvalue weighted by atomic mass is 16.4. The lowest BCUT2D eigenvalue weighted by Crippen LogP contribution is -2.63. The molecule has 5 N–H and O–H groups in total. The summed E-state index contributed by atoms with van der Waals surface area (Å²) in [6, 6.07) is -1.46. The number of fused-ring (bicyclic) bond motifs is 1. The summed E-state index contributed by atoms with van der Waals surface area (Å²) in [6.45, 7) is 6.00. The van der Waals surface area contributed by atoms with E-state index in [0.717, 1.165) is 32.1 Å². The maximum Gasteiger partial charge on any atom is 0.407 e. The van der Waals surface area contributed by atoms with E-state index in [1.165, 1.54) is 4.90 Å². The van der Waals surface area contributed by atoms with Crippen LogP contribution in [0.5, 0.6) is 0 Å². The maximum atomic E-state index is 12.4. The fourth-order valence-electron chi connectivity index (χ4n) is 4.49. The van der Waals surface area contributed by atoms with Crippen LogP contribution in [0.15, 0.2) is 0 Å². The van der Waals surface area contributed by atoms with Crippen LogP contribution < -0.4 is 16.4 Å². The predicted molar refractivity (Wildman–Crippen MR) is 97.6 cm³/mol. The van der Waals surface area contributed by atoms with Gasteiger partial charge in [-0.3, -0.25) is 4.79 Å². The highest BCUT2D eigenvalue weighted by molar-refractivity contribution is 5.78. The molecule has 0 spiro atoms. The molecule has 2 aliphatic rings. The van der Waals surface area contributed by atoms with E-state index in [2.05, 4.69) is 10.6 Å². The molecule has 26 heavy (non-hydrogen) atoms. The molecule has 1 saturated heterocycles. The third-order valence-electron chi connectivity index (χ3n) is 5.39. The zero-order valence-corrected chi connectivity index (χ0v) is 16.0. The molecular formula is C18H32N4O4. The van der Waals surface area contributed by atoms with Crippen molar-refractivity contribution in [3.05, 3.63) is 0 Å². The summed E-state index contributed by atoms with van der Waals surface area (Å²) in [5.41, 5.74) is 4.98. The van der Waals surface area contributed by atoms with Crippen LogP contribution in [0.1, 0.15) is 59.3 Å². The number of rotatable bonds is 4. The third kappa shape index (κ3) is 5.25. The van der Waals surface area contributed by atoms with Crippen LogP contribution >= 0.6 is 0 Å². The van der Waals surface area contributed by atoms with Crippen LogP contribution in [-0.2, 0) is 4.79 Å². The monoisotopic (exact) mass is 368 g/mol. The van der Waals surface area contributed by atoms with Crippen molar-refractivity contribution in [2.24, 2.45) is 17.6 Å². The number of likely N-dealkylation sites (tertiary alicyclic amines) is 1. The van der Waals surface area contributed by atoms with Gasteiger partial charge in [-0.1, -0.05) is 19.3 Å². The topological polar surface area (TPSA) is 125 Å². The Kier molecular flexibility index (Phi) is 6.36. The Morgan fingerprint density at radius 3 is 2.42 bits per heavy atom. The second-order valence-corrected chi connectivity index (χ2v) is 8.59. The number of nitrogens with zero attached hydrogens (tertiary/aromatic N) is 1. The summed E-state index contributed by atoms with van der Waals surface area (Å²) >= 11 is 0. The highest BCUT2D eigenvalue weighted by Crippen LogP contribution is 2.41. The van der Waals surface area contributed by atoms with E-state index in [1.807, 2.05) is 20.8 Å². The van der Waals surface area contributed by atoms with E-state index < -0.39 is 35.7 Å². The van der Waals surface area contributed by atoms with Gasteiger partial charge in [0.15, 0.2) is 0 Å². The number of carbonyl (C=O) groups excluding carboxylic acids is 2. The Morgan fingerprint density at radius 2 is 1.85 bits per heavy atom. The molecule has 2 fully saturated rings. The summed E-state index contributed by atoms with van der Waals surface area (Å²) in [6.07, 6.45) is 3.94. The number of urea groups is 1. The number of nitrogens with two attached hydrogens (primary N) is 1. The van der Waals surface area contributed by atoms with Gasteiger partial charge in [0, 0.05) is 18.5 Å². The Labute approximate surface area is 154 Å². The molecule has 2 rings (SSSR count). The molecular weight excluding hydrogens is 336 g/mol. The van der Waals surface area contributed by atoms with Gasteiger partial charge in [0.2, 0.25) is 5.91 Å². The molecule has 1 saturated carbocycles. The molecule has 1 aliphatic carbocycles. The van der Waals surface area contributed by atoms with Gasteiger partial charge < -0.3 is 26.4 Å². The number of primary amides is 1. The van der Waals surface area contributed by atoms with Crippen LogP contribution in [0, 0.1) is 11.8 Å². The van der Waals surface area contributed by atoms with E-state index in [1.54, 1.807) is 0 Å². The van der Waals surface area contributed by atoms with Crippen molar-refractivity contribution < 1.29 is 19.5 Å². The number of hydrogen-bond acceptors (Lipinski definition) is 3. The standard InChI is InChI=1S/C18H32N4O4/c1-18(2,3)21-16(24)20-13(10-14(19)23)15-12-7-5-4-6-11(12)8-9-22(15)17(25)26/h11-13,15H,4-10H2,1-3H3,(H2,19,23)(H,25,26)(H2,20,21,24). The van der Waals surface area contributed by atoms with Gasteiger partial charge in [0.1, 0.15) is 0 Å². The predicted octanol–water partition coefficient (Wildman–Crippen LogP) is 1.89. The smallest absolute Gasteiger partial charge is 0.407 e. The quantitative estimate of drug-likeness (QED) is 0.604. The Bertz CT molecular complexity index is 546.